The lowest BCUT2D eigenvalue weighted by Gasteiger charge is -2.14. The normalized spacial score (nSPS) is 20.9. The summed E-state index contributed by atoms with van der Waals surface area (Å²) in [6, 6.07) is 3.97. The SMILES string of the molecule is Cc1ccc(Br)c2c1OCCC[C@@H]2O. The number of halogens is 1. The van der Waals surface area contributed by atoms with Crippen LogP contribution < -0.4 is 4.74 Å². The van der Waals surface area contributed by atoms with E-state index in [-0.39, 0.29) is 0 Å². The van der Waals surface area contributed by atoms with Crippen LogP contribution in [0.2, 0.25) is 0 Å². The Morgan fingerprint density at radius 3 is 3.07 bits per heavy atom. The largest absolute Gasteiger partial charge is 0.493 e. The zero-order valence-corrected chi connectivity index (χ0v) is 9.67. The number of rotatable bonds is 0. The predicted octanol–water partition coefficient (Wildman–Crippen LogP) is 2.96. The molecule has 0 aromatic heterocycles. The van der Waals surface area contributed by atoms with Gasteiger partial charge in [-0.1, -0.05) is 22.0 Å². The van der Waals surface area contributed by atoms with E-state index in [0.29, 0.717) is 6.61 Å². The van der Waals surface area contributed by atoms with Crippen LogP contribution in [-0.4, -0.2) is 11.7 Å². The molecule has 0 aliphatic carbocycles. The molecule has 3 heteroatoms. The molecule has 1 N–H and O–H groups in total. The Bertz CT molecular complexity index is 349. The molecule has 76 valence electrons. The lowest BCUT2D eigenvalue weighted by Crippen LogP contribution is -1.99. The van der Waals surface area contributed by atoms with Gasteiger partial charge in [-0.25, -0.2) is 0 Å². The van der Waals surface area contributed by atoms with Gasteiger partial charge in [0.2, 0.25) is 0 Å². The number of hydrogen-bond donors (Lipinski definition) is 1. The topological polar surface area (TPSA) is 29.5 Å². The molecule has 2 rings (SSSR count). The standard InChI is InChI=1S/C11H13BrO2/c1-7-4-5-8(12)10-9(13)3-2-6-14-11(7)10/h4-5,9,13H,2-3,6H2,1H3/t9-/m0/s1. The molecule has 1 aromatic rings. The first-order chi connectivity index (χ1) is 6.70. The fraction of sp³-hybridized carbons (Fsp3) is 0.455. The zero-order chi connectivity index (χ0) is 10.1. The summed E-state index contributed by atoms with van der Waals surface area (Å²) in [5.74, 6) is 0.851. The lowest BCUT2D eigenvalue weighted by atomic mass is 10.0. The van der Waals surface area contributed by atoms with Crippen molar-refractivity contribution in [2.24, 2.45) is 0 Å². The number of ether oxygens (including phenoxy) is 1. The van der Waals surface area contributed by atoms with Crippen molar-refractivity contribution in [2.75, 3.05) is 6.61 Å². The summed E-state index contributed by atoms with van der Waals surface area (Å²) in [7, 11) is 0. The van der Waals surface area contributed by atoms with Crippen LogP contribution in [0, 0.1) is 6.92 Å². The molecule has 1 aliphatic rings. The van der Waals surface area contributed by atoms with Crippen molar-refractivity contribution in [3.05, 3.63) is 27.7 Å². The average molecular weight is 257 g/mol. The van der Waals surface area contributed by atoms with Crippen LogP contribution in [0.15, 0.2) is 16.6 Å². The Morgan fingerprint density at radius 2 is 2.29 bits per heavy atom. The number of aryl methyl sites for hydroxylation is 1. The van der Waals surface area contributed by atoms with Crippen molar-refractivity contribution < 1.29 is 9.84 Å². The molecule has 14 heavy (non-hydrogen) atoms. The second kappa shape index (κ2) is 3.91. The molecular weight excluding hydrogens is 244 g/mol. The Kier molecular flexibility index (Phi) is 2.79. The van der Waals surface area contributed by atoms with Gasteiger partial charge in [-0.05, 0) is 31.4 Å². The third-order valence-electron chi connectivity index (χ3n) is 2.54. The number of benzene rings is 1. The van der Waals surface area contributed by atoms with Crippen LogP contribution in [-0.2, 0) is 0 Å². The van der Waals surface area contributed by atoms with E-state index in [0.717, 1.165) is 34.2 Å². The van der Waals surface area contributed by atoms with Gasteiger partial charge in [0.25, 0.3) is 0 Å². The van der Waals surface area contributed by atoms with E-state index < -0.39 is 6.10 Å². The third-order valence-corrected chi connectivity index (χ3v) is 3.23. The fourth-order valence-corrected chi connectivity index (χ4v) is 2.36. The van der Waals surface area contributed by atoms with Crippen molar-refractivity contribution in [1.82, 2.24) is 0 Å². The fourth-order valence-electron chi connectivity index (χ4n) is 1.78. The maximum Gasteiger partial charge on any atom is 0.129 e. The Balaban J connectivity index is 2.57. The molecule has 0 spiro atoms. The van der Waals surface area contributed by atoms with Crippen molar-refractivity contribution >= 4 is 15.9 Å². The van der Waals surface area contributed by atoms with Gasteiger partial charge in [0, 0.05) is 10.0 Å². The molecule has 0 saturated heterocycles. The molecule has 0 radical (unpaired) electrons. The monoisotopic (exact) mass is 256 g/mol. The highest BCUT2D eigenvalue weighted by molar-refractivity contribution is 9.10. The highest BCUT2D eigenvalue weighted by Crippen LogP contribution is 2.38. The first-order valence-electron chi connectivity index (χ1n) is 4.80. The second-order valence-electron chi connectivity index (χ2n) is 3.61. The van der Waals surface area contributed by atoms with E-state index in [9.17, 15) is 5.11 Å². The zero-order valence-electron chi connectivity index (χ0n) is 8.09. The minimum absolute atomic E-state index is 0.401. The summed E-state index contributed by atoms with van der Waals surface area (Å²) < 4.78 is 6.58. The Labute approximate surface area is 92.0 Å². The molecule has 0 bridgehead atoms. The summed E-state index contributed by atoms with van der Waals surface area (Å²) in [5.41, 5.74) is 1.99. The molecule has 1 atom stereocenters. The average Bonchev–Trinajstić information content (AvgIpc) is 2.35. The highest BCUT2D eigenvalue weighted by Gasteiger charge is 2.21. The van der Waals surface area contributed by atoms with Gasteiger partial charge in [-0.2, -0.15) is 0 Å². The van der Waals surface area contributed by atoms with Crippen LogP contribution in [0.5, 0.6) is 5.75 Å². The molecule has 1 heterocycles. The lowest BCUT2D eigenvalue weighted by molar-refractivity contribution is 0.167. The van der Waals surface area contributed by atoms with E-state index in [1.807, 2.05) is 19.1 Å². The van der Waals surface area contributed by atoms with Gasteiger partial charge < -0.3 is 9.84 Å². The van der Waals surface area contributed by atoms with Crippen LogP contribution in [0.25, 0.3) is 0 Å². The first kappa shape index (κ1) is 9.99. The number of hydrogen-bond acceptors (Lipinski definition) is 2. The van der Waals surface area contributed by atoms with Crippen molar-refractivity contribution in [3.63, 3.8) is 0 Å². The summed E-state index contributed by atoms with van der Waals surface area (Å²) in [5, 5.41) is 9.94. The van der Waals surface area contributed by atoms with Gasteiger partial charge >= 0.3 is 0 Å². The highest BCUT2D eigenvalue weighted by atomic mass is 79.9. The minimum Gasteiger partial charge on any atom is -0.493 e. The first-order valence-corrected chi connectivity index (χ1v) is 5.59. The van der Waals surface area contributed by atoms with Crippen LogP contribution >= 0.6 is 15.9 Å². The number of aliphatic hydroxyl groups excluding tert-OH is 1. The second-order valence-corrected chi connectivity index (χ2v) is 4.47. The smallest absolute Gasteiger partial charge is 0.129 e. The molecule has 0 amide bonds. The number of aliphatic hydroxyl groups is 1. The van der Waals surface area contributed by atoms with Gasteiger partial charge in [-0.3, -0.25) is 0 Å². The molecular formula is C11H13BrO2. The Hall–Kier alpha value is -0.540. The molecule has 0 fully saturated rings. The van der Waals surface area contributed by atoms with E-state index in [1.165, 1.54) is 0 Å². The van der Waals surface area contributed by atoms with Gasteiger partial charge in [-0.15, -0.1) is 0 Å². The van der Waals surface area contributed by atoms with E-state index in [2.05, 4.69) is 15.9 Å². The Morgan fingerprint density at radius 1 is 1.50 bits per heavy atom. The quantitative estimate of drug-likeness (QED) is 0.774. The van der Waals surface area contributed by atoms with E-state index in [1.54, 1.807) is 0 Å². The van der Waals surface area contributed by atoms with Gasteiger partial charge in [0.15, 0.2) is 0 Å². The molecule has 0 unspecified atom stereocenters. The number of fused-ring (bicyclic) bond motifs is 1. The molecule has 1 aromatic carbocycles. The molecule has 1 aliphatic heterocycles. The van der Waals surface area contributed by atoms with Gasteiger partial charge in [0.1, 0.15) is 5.75 Å². The van der Waals surface area contributed by atoms with Crippen molar-refractivity contribution in [2.45, 2.75) is 25.9 Å². The van der Waals surface area contributed by atoms with Gasteiger partial charge in [0.05, 0.1) is 12.7 Å². The van der Waals surface area contributed by atoms with Crippen molar-refractivity contribution in [1.29, 1.82) is 0 Å². The summed E-state index contributed by atoms with van der Waals surface area (Å²) in [6.45, 7) is 2.70. The molecule has 2 nitrogen and oxygen atoms in total. The maximum absolute atomic E-state index is 9.94. The van der Waals surface area contributed by atoms with Crippen LogP contribution in [0.3, 0.4) is 0 Å². The predicted molar refractivity (Wildman–Crippen MR) is 58.6 cm³/mol. The van der Waals surface area contributed by atoms with Crippen LogP contribution in [0.1, 0.15) is 30.1 Å². The summed E-state index contributed by atoms with van der Waals surface area (Å²) in [6.07, 6.45) is 1.28. The minimum atomic E-state index is -0.401. The summed E-state index contributed by atoms with van der Waals surface area (Å²) >= 11 is 3.45. The van der Waals surface area contributed by atoms with E-state index >= 15 is 0 Å². The van der Waals surface area contributed by atoms with E-state index in [4.69, 9.17) is 4.74 Å². The maximum atomic E-state index is 9.94. The third kappa shape index (κ3) is 1.66. The summed E-state index contributed by atoms with van der Waals surface area (Å²) in [4.78, 5) is 0. The van der Waals surface area contributed by atoms with Crippen molar-refractivity contribution in [3.8, 4) is 5.75 Å². The molecule has 0 saturated carbocycles. The van der Waals surface area contributed by atoms with Crippen LogP contribution in [0.4, 0.5) is 0 Å².